The van der Waals surface area contributed by atoms with Crippen molar-refractivity contribution in [2.45, 2.75) is 37.1 Å². The van der Waals surface area contributed by atoms with Crippen molar-refractivity contribution in [3.8, 4) is 6.07 Å². The van der Waals surface area contributed by atoms with Gasteiger partial charge in [-0.1, -0.05) is 6.42 Å². The van der Waals surface area contributed by atoms with Gasteiger partial charge in [-0.3, -0.25) is 4.79 Å². The first-order valence-corrected chi connectivity index (χ1v) is 10.7. The van der Waals surface area contributed by atoms with Crippen LogP contribution >= 0.6 is 23.1 Å². The monoisotopic (exact) mass is 401 g/mol. The molecule has 0 unspecified atom stereocenters. The maximum absolute atomic E-state index is 12.2. The van der Waals surface area contributed by atoms with E-state index in [9.17, 15) is 14.9 Å². The van der Waals surface area contributed by atoms with Gasteiger partial charge in [-0.25, -0.2) is 9.78 Å². The predicted octanol–water partition coefficient (Wildman–Crippen LogP) is 3.80. The van der Waals surface area contributed by atoms with Crippen molar-refractivity contribution in [1.82, 2.24) is 4.98 Å². The number of hydrogen-bond acceptors (Lipinski definition) is 7. The predicted molar refractivity (Wildman–Crippen MR) is 105 cm³/mol. The Morgan fingerprint density at radius 3 is 2.96 bits per heavy atom. The van der Waals surface area contributed by atoms with Gasteiger partial charge in [0.2, 0.25) is 0 Å². The van der Waals surface area contributed by atoms with E-state index < -0.39 is 18.5 Å². The van der Waals surface area contributed by atoms with Crippen LogP contribution in [-0.4, -0.2) is 29.7 Å². The molecule has 1 amide bonds. The Kier molecular flexibility index (Phi) is 6.48. The number of nitriles is 1. The van der Waals surface area contributed by atoms with E-state index in [1.54, 1.807) is 18.3 Å². The number of anilines is 1. The fraction of sp³-hybridized carbons (Fsp3) is 0.368. The standard InChI is InChI=1S/C19H19N3O3S2/c1-26-17-13(7-5-9-21-17)19(24)25-11-16(23)22-18-14(10-20)12-6-3-2-4-8-15(12)27-18/h5,7,9H,2-4,6,8,11H2,1H3,(H,22,23). The highest BCUT2D eigenvalue weighted by molar-refractivity contribution is 7.98. The summed E-state index contributed by atoms with van der Waals surface area (Å²) in [6, 6.07) is 5.48. The van der Waals surface area contributed by atoms with Crippen molar-refractivity contribution >= 4 is 40.0 Å². The number of aryl methyl sites for hydroxylation is 1. The number of nitrogens with zero attached hydrogens (tertiary/aromatic N) is 2. The van der Waals surface area contributed by atoms with Gasteiger partial charge in [0.15, 0.2) is 6.61 Å². The lowest BCUT2D eigenvalue weighted by Gasteiger charge is -2.07. The number of rotatable bonds is 5. The molecule has 0 spiro atoms. The number of esters is 1. The summed E-state index contributed by atoms with van der Waals surface area (Å²) < 4.78 is 5.12. The van der Waals surface area contributed by atoms with Crippen molar-refractivity contribution < 1.29 is 14.3 Å². The second-order valence-corrected chi connectivity index (χ2v) is 7.97. The summed E-state index contributed by atoms with van der Waals surface area (Å²) in [6.07, 6.45) is 8.56. The molecule has 2 heterocycles. The smallest absolute Gasteiger partial charge is 0.341 e. The zero-order valence-corrected chi connectivity index (χ0v) is 16.5. The van der Waals surface area contributed by atoms with Gasteiger partial charge in [-0.15, -0.1) is 23.1 Å². The SMILES string of the molecule is CSc1ncccc1C(=O)OCC(=O)Nc1sc2c(c1C#N)CCCCC2. The molecule has 1 N–H and O–H groups in total. The van der Waals surface area contributed by atoms with Crippen molar-refractivity contribution in [2.75, 3.05) is 18.2 Å². The van der Waals surface area contributed by atoms with Crippen LogP contribution in [0.25, 0.3) is 0 Å². The molecule has 0 atom stereocenters. The van der Waals surface area contributed by atoms with Crippen LogP contribution in [0.15, 0.2) is 23.4 Å². The Hall–Kier alpha value is -2.37. The number of ether oxygens (including phenoxy) is 1. The second-order valence-electron chi connectivity index (χ2n) is 6.06. The number of amides is 1. The molecule has 1 aliphatic rings. The van der Waals surface area contributed by atoms with Gasteiger partial charge in [-0.05, 0) is 49.6 Å². The molecule has 2 aromatic rings. The second kappa shape index (κ2) is 9.02. The van der Waals surface area contributed by atoms with Crippen molar-refractivity contribution in [3.63, 3.8) is 0 Å². The number of thiophene rings is 1. The Morgan fingerprint density at radius 1 is 1.37 bits per heavy atom. The van der Waals surface area contributed by atoms with Crippen LogP contribution in [0.2, 0.25) is 0 Å². The lowest BCUT2D eigenvalue weighted by Crippen LogP contribution is -2.21. The average Bonchev–Trinajstić information content (AvgIpc) is 2.85. The average molecular weight is 402 g/mol. The van der Waals surface area contributed by atoms with Gasteiger partial charge in [0, 0.05) is 11.1 Å². The number of aromatic nitrogens is 1. The third-order valence-electron chi connectivity index (χ3n) is 4.30. The van der Waals surface area contributed by atoms with E-state index in [4.69, 9.17) is 4.74 Å². The Bertz CT molecular complexity index is 902. The fourth-order valence-electron chi connectivity index (χ4n) is 3.03. The molecule has 0 saturated carbocycles. The lowest BCUT2D eigenvalue weighted by atomic mass is 10.1. The number of pyridine rings is 1. The minimum atomic E-state index is -0.593. The van der Waals surface area contributed by atoms with E-state index in [0.29, 0.717) is 21.2 Å². The number of nitrogens with one attached hydrogen (secondary N) is 1. The van der Waals surface area contributed by atoms with E-state index in [1.165, 1.54) is 28.0 Å². The highest BCUT2D eigenvalue weighted by Crippen LogP contribution is 2.36. The summed E-state index contributed by atoms with van der Waals surface area (Å²) in [7, 11) is 0. The molecular formula is C19H19N3O3S2. The van der Waals surface area contributed by atoms with Crippen LogP contribution in [0.4, 0.5) is 5.00 Å². The first-order valence-electron chi connectivity index (χ1n) is 8.64. The molecule has 3 rings (SSSR count). The summed E-state index contributed by atoms with van der Waals surface area (Å²) in [4.78, 5) is 29.7. The number of carbonyl (C=O) groups is 2. The lowest BCUT2D eigenvalue weighted by molar-refractivity contribution is -0.119. The van der Waals surface area contributed by atoms with Crippen LogP contribution < -0.4 is 5.32 Å². The molecular weight excluding hydrogens is 382 g/mol. The number of hydrogen-bond donors (Lipinski definition) is 1. The van der Waals surface area contributed by atoms with E-state index >= 15 is 0 Å². The molecule has 0 bridgehead atoms. The first-order chi connectivity index (χ1) is 13.1. The highest BCUT2D eigenvalue weighted by atomic mass is 32.2. The minimum Gasteiger partial charge on any atom is -0.452 e. The third-order valence-corrected chi connectivity index (χ3v) is 6.22. The Labute approximate surface area is 165 Å². The van der Waals surface area contributed by atoms with E-state index in [2.05, 4.69) is 16.4 Å². The molecule has 1 aliphatic carbocycles. The Morgan fingerprint density at radius 2 is 2.19 bits per heavy atom. The molecule has 140 valence electrons. The molecule has 0 fully saturated rings. The van der Waals surface area contributed by atoms with Crippen LogP contribution in [-0.2, 0) is 22.4 Å². The molecule has 0 aromatic carbocycles. The molecule has 8 heteroatoms. The molecule has 6 nitrogen and oxygen atoms in total. The third kappa shape index (κ3) is 4.49. The van der Waals surface area contributed by atoms with Gasteiger partial charge in [0.05, 0.1) is 11.1 Å². The number of carbonyl (C=O) groups excluding carboxylic acids is 2. The number of fused-ring (bicyclic) bond motifs is 1. The zero-order valence-electron chi connectivity index (χ0n) is 14.9. The molecule has 0 saturated heterocycles. The van der Waals surface area contributed by atoms with Gasteiger partial charge < -0.3 is 10.1 Å². The van der Waals surface area contributed by atoms with Crippen LogP contribution in [0.1, 0.15) is 45.6 Å². The van der Waals surface area contributed by atoms with Gasteiger partial charge in [-0.2, -0.15) is 5.26 Å². The zero-order chi connectivity index (χ0) is 19.2. The first kappa shape index (κ1) is 19.4. The summed E-state index contributed by atoms with van der Waals surface area (Å²) in [5.41, 5.74) is 1.94. The number of thioether (sulfide) groups is 1. The van der Waals surface area contributed by atoms with Crippen LogP contribution in [0.3, 0.4) is 0 Å². The summed E-state index contributed by atoms with van der Waals surface area (Å²) in [5.74, 6) is -1.05. The molecule has 0 radical (unpaired) electrons. The normalized spacial score (nSPS) is 13.2. The molecule has 2 aromatic heterocycles. The van der Waals surface area contributed by atoms with Gasteiger partial charge in [0.1, 0.15) is 16.1 Å². The van der Waals surface area contributed by atoms with Gasteiger partial charge in [0.25, 0.3) is 5.91 Å². The van der Waals surface area contributed by atoms with Crippen LogP contribution in [0, 0.1) is 11.3 Å². The molecule has 0 aliphatic heterocycles. The van der Waals surface area contributed by atoms with Crippen LogP contribution in [0.5, 0.6) is 0 Å². The molecule has 27 heavy (non-hydrogen) atoms. The van der Waals surface area contributed by atoms with Crippen molar-refractivity contribution in [1.29, 1.82) is 5.26 Å². The van der Waals surface area contributed by atoms with Crippen molar-refractivity contribution in [3.05, 3.63) is 39.9 Å². The summed E-state index contributed by atoms with van der Waals surface area (Å²) >= 11 is 2.79. The summed E-state index contributed by atoms with van der Waals surface area (Å²) in [6.45, 7) is -0.408. The van der Waals surface area contributed by atoms with Crippen molar-refractivity contribution in [2.24, 2.45) is 0 Å². The largest absolute Gasteiger partial charge is 0.452 e. The van der Waals surface area contributed by atoms with E-state index in [1.807, 2.05) is 6.26 Å². The minimum absolute atomic E-state index is 0.332. The van der Waals surface area contributed by atoms with Gasteiger partial charge >= 0.3 is 5.97 Å². The summed E-state index contributed by atoms with van der Waals surface area (Å²) in [5, 5.41) is 13.3. The fourth-order valence-corrected chi connectivity index (χ4v) is 4.82. The topological polar surface area (TPSA) is 92.1 Å². The van der Waals surface area contributed by atoms with E-state index in [0.717, 1.165) is 37.7 Å². The van der Waals surface area contributed by atoms with E-state index in [-0.39, 0.29) is 0 Å². The highest BCUT2D eigenvalue weighted by Gasteiger charge is 2.21. The Balaban J connectivity index is 1.65. The maximum Gasteiger partial charge on any atom is 0.341 e. The quantitative estimate of drug-likeness (QED) is 0.465. The maximum atomic E-state index is 12.2.